The maximum absolute atomic E-state index is 12.1. The number of hydrogen-bond acceptors (Lipinski definition) is 5. The number of ether oxygens (including phenoxy) is 1. The standard InChI is InChI=1S/C14H20N2O4S/c1-3-20-12-8-11(15)13(12)16-14(17)9-4-6-10(7-5-9)21(2,18)19/h4-7,11-13H,3,8,15H2,1-2H3,(H,16,17). The molecular weight excluding hydrogens is 292 g/mol. The summed E-state index contributed by atoms with van der Waals surface area (Å²) in [5.74, 6) is -0.278. The number of rotatable bonds is 5. The average Bonchev–Trinajstić information content (AvgIpc) is 2.43. The monoisotopic (exact) mass is 312 g/mol. The van der Waals surface area contributed by atoms with Gasteiger partial charge in [-0.2, -0.15) is 0 Å². The third-order valence-corrected chi connectivity index (χ3v) is 4.72. The summed E-state index contributed by atoms with van der Waals surface area (Å²) < 4.78 is 28.2. The topological polar surface area (TPSA) is 98.5 Å². The summed E-state index contributed by atoms with van der Waals surface area (Å²) in [6, 6.07) is 5.51. The first-order valence-electron chi connectivity index (χ1n) is 6.81. The largest absolute Gasteiger partial charge is 0.376 e. The molecule has 0 aromatic heterocycles. The molecule has 0 spiro atoms. The number of carbonyl (C=O) groups excluding carboxylic acids is 1. The van der Waals surface area contributed by atoms with Crippen LogP contribution in [0.3, 0.4) is 0 Å². The van der Waals surface area contributed by atoms with E-state index in [2.05, 4.69) is 5.32 Å². The molecule has 1 saturated carbocycles. The third kappa shape index (κ3) is 3.61. The van der Waals surface area contributed by atoms with E-state index in [1.807, 2.05) is 6.92 Å². The first kappa shape index (κ1) is 15.9. The number of benzene rings is 1. The molecule has 0 saturated heterocycles. The summed E-state index contributed by atoms with van der Waals surface area (Å²) in [4.78, 5) is 12.3. The van der Waals surface area contributed by atoms with Crippen molar-refractivity contribution in [2.75, 3.05) is 12.9 Å². The molecule has 21 heavy (non-hydrogen) atoms. The van der Waals surface area contributed by atoms with Gasteiger partial charge in [0.1, 0.15) is 0 Å². The van der Waals surface area contributed by atoms with E-state index in [-0.39, 0.29) is 29.0 Å². The van der Waals surface area contributed by atoms with Gasteiger partial charge in [0, 0.05) is 24.5 Å². The highest BCUT2D eigenvalue weighted by molar-refractivity contribution is 7.90. The van der Waals surface area contributed by atoms with Crippen LogP contribution in [0.15, 0.2) is 29.2 Å². The third-order valence-electron chi connectivity index (χ3n) is 3.59. The lowest BCUT2D eigenvalue weighted by Gasteiger charge is -2.42. The Labute approximate surface area is 124 Å². The molecule has 3 unspecified atom stereocenters. The summed E-state index contributed by atoms with van der Waals surface area (Å²) in [5, 5.41) is 2.84. The molecule has 0 radical (unpaired) electrons. The number of sulfone groups is 1. The molecule has 1 aromatic rings. The minimum atomic E-state index is -3.26. The zero-order valence-corrected chi connectivity index (χ0v) is 12.9. The molecule has 2 rings (SSSR count). The van der Waals surface area contributed by atoms with Crippen molar-refractivity contribution in [2.45, 2.75) is 36.4 Å². The van der Waals surface area contributed by atoms with Crippen LogP contribution in [0.4, 0.5) is 0 Å². The van der Waals surface area contributed by atoms with Crippen LogP contribution in [0, 0.1) is 0 Å². The van der Waals surface area contributed by atoms with E-state index in [0.717, 1.165) is 12.7 Å². The summed E-state index contributed by atoms with van der Waals surface area (Å²) >= 11 is 0. The van der Waals surface area contributed by atoms with Gasteiger partial charge in [0.15, 0.2) is 9.84 Å². The molecular formula is C14H20N2O4S. The van der Waals surface area contributed by atoms with Crippen LogP contribution in [0.1, 0.15) is 23.7 Å². The summed E-state index contributed by atoms with van der Waals surface area (Å²) in [7, 11) is -3.26. The van der Waals surface area contributed by atoms with Crippen molar-refractivity contribution in [3.8, 4) is 0 Å². The molecule has 1 aliphatic rings. The zero-order valence-electron chi connectivity index (χ0n) is 12.1. The van der Waals surface area contributed by atoms with E-state index in [1.54, 1.807) is 0 Å². The maximum Gasteiger partial charge on any atom is 0.251 e. The molecule has 1 amide bonds. The summed E-state index contributed by atoms with van der Waals surface area (Å²) in [5.41, 5.74) is 6.28. The van der Waals surface area contributed by atoms with Crippen LogP contribution < -0.4 is 11.1 Å². The lowest BCUT2D eigenvalue weighted by atomic mass is 9.83. The minimum Gasteiger partial charge on any atom is -0.376 e. The van der Waals surface area contributed by atoms with Gasteiger partial charge in [-0.1, -0.05) is 0 Å². The molecule has 1 aliphatic carbocycles. The lowest BCUT2D eigenvalue weighted by Crippen LogP contribution is -2.64. The Hall–Kier alpha value is -1.44. The predicted octanol–water partition coefficient (Wildman–Crippen LogP) is 0.325. The Morgan fingerprint density at radius 2 is 2.00 bits per heavy atom. The average molecular weight is 312 g/mol. The van der Waals surface area contributed by atoms with Gasteiger partial charge in [0.25, 0.3) is 5.91 Å². The van der Waals surface area contributed by atoms with Gasteiger partial charge in [-0.25, -0.2) is 8.42 Å². The second-order valence-corrected chi connectivity index (χ2v) is 7.20. The van der Waals surface area contributed by atoms with Crippen LogP contribution in [-0.2, 0) is 14.6 Å². The van der Waals surface area contributed by atoms with Crippen molar-refractivity contribution in [2.24, 2.45) is 5.73 Å². The lowest BCUT2D eigenvalue weighted by molar-refractivity contribution is -0.0300. The highest BCUT2D eigenvalue weighted by Gasteiger charge is 2.40. The van der Waals surface area contributed by atoms with Crippen LogP contribution in [0.25, 0.3) is 0 Å². The van der Waals surface area contributed by atoms with Gasteiger partial charge in [-0.15, -0.1) is 0 Å². The van der Waals surface area contributed by atoms with Crippen molar-refractivity contribution in [1.82, 2.24) is 5.32 Å². The molecule has 0 bridgehead atoms. The van der Waals surface area contributed by atoms with Crippen LogP contribution >= 0.6 is 0 Å². The molecule has 0 heterocycles. The Kier molecular flexibility index (Phi) is 4.65. The van der Waals surface area contributed by atoms with E-state index in [1.165, 1.54) is 24.3 Å². The first-order chi connectivity index (χ1) is 9.82. The number of nitrogens with two attached hydrogens (primary N) is 1. The van der Waals surface area contributed by atoms with Gasteiger partial charge >= 0.3 is 0 Å². The fraction of sp³-hybridized carbons (Fsp3) is 0.500. The number of carbonyl (C=O) groups is 1. The van der Waals surface area contributed by atoms with E-state index >= 15 is 0 Å². The zero-order chi connectivity index (χ0) is 15.6. The van der Waals surface area contributed by atoms with Crippen LogP contribution in [-0.4, -0.2) is 45.4 Å². The van der Waals surface area contributed by atoms with E-state index in [4.69, 9.17) is 10.5 Å². The molecule has 1 fully saturated rings. The highest BCUT2D eigenvalue weighted by Crippen LogP contribution is 2.23. The highest BCUT2D eigenvalue weighted by atomic mass is 32.2. The van der Waals surface area contributed by atoms with Gasteiger partial charge in [-0.3, -0.25) is 4.79 Å². The molecule has 0 aliphatic heterocycles. The fourth-order valence-electron chi connectivity index (χ4n) is 2.32. The Bertz CT molecular complexity index is 610. The Balaban J connectivity index is 2.03. The van der Waals surface area contributed by atoms with Gasteiger partial charge in [0.05, 0.1) is 17.0 Å². The first-order valence-corrected chi connectivity index (χ1v) is 8.70. The van der Waals surface area contributed by atoms with Crippen LogP contribution in [0.2, 0.25) is 0 Å². The molecule has 3 atom stereocenters. The second-order valence-electron chi connectivity index (χ2n) is 5.19. The van der Waals surface area contributed by atoms with Crippen molar-refractivity contribution in [3.63, 3.8) is 0 Å². The van der Waals surface area contributed by atoms with Crippen molar-refractivity contribution < 1.29 is 17.9 Å². The Morgan fingerprint density at radius 1 is 1.38 bits per heavy atom. The molecule has 1 aromatic carbocycles. The summed E-state index contributed by atoms with van der Waals surface area (Å²) in [6.45, 7) is 2.47. The minimum absolute atomic E-state index is 0.0516. The van der Waals surface area contributed by atoms with Gasteiger partial charge in [-0.05, 0) is 37.6 Å². The molecule has 7 heteroatoms. The van der Waals surface area contributed by atoms with Crippen molar-refractivity contribution in [3.05, 3.63) is 29.8 Å². The fourth-order valence-corrected chi connectivity index (χ4v) is 2.95. The summed E-state index contributed by atoms with van der Waals surface area (Å²) in [6.07, 6.45) is 1.80. The molecule has 6 nitrogen and oxygen atoms in total. The van der Waals surface area contributed by atoms with E-state index < -0.39 is 9.84 Å². The van der Waals surface area contributed by atoms with Crippen LogP contribution in [0.5, 0.6) is 0 Å². The molecule has 3 N–H and O–H groups in total. The predicted molar refractivity (Wildman–Crippen MR) is 78.8 cm³/mol. The van der Waals surface area contributed by atoms with Crippen molar-refractivity contribution >= 4 is 15.7 Å². The SMILES string of the molecule is CCOC1CC(N)C1NC(=O)c1ccc(S(C)(=O)=O)cc1. The maximum atomic E-state index is 12.1. The number of hydrogen-bond donors (Lipinski definition) is 2. The molecule has 116 valence electrons. The quantitative estimate of drug-likeness (QED) is 0.816. The number of amides is 1. The normalized spacial score (nSPS) is 25.2. The smallest absolute Gasteiger partial charge is 0.251 e. The van der Waals surface area contributed by atoms with E-state index in [0.29, 0.717) is 12.2 Å². The second kappa shape index (κ2) is 6.13. The van der Waals surface area contributed by atoms with Gasteiger partial charge in [0.2, 0.25) is 0 Å². The Morgan fingerprint density at radius 3 is 2.48 bits per heavy atom. The van der Waals surface area contributed by atoms with Gasteiger partial charge < -0.3 is 15.8 Å². The van der Waals surface area contributed by atoms with Crippen molar-refractivity contribution in [1.29, 1.82) is 0 Å². The van der Waals surface area contributed by atoms with E-state index in [9.17, 15) is 13.2 Å². The number of nitrogens with one attached hydrogen (secondary N) is 1.